The molecule has 148 valence electrons. The lowest BCUT2D eigenvalue weighted by Crippen LogP contribution is -2.51. The zero-order valence-corrected chi connectivity index (χ0v) is 15.7. The number of carbonyl (C=O) groups excluding carboxylic acids is 4. The van der Waals surface area contributed by atoms with Crippen molar-refractivity contribution in [3.05, 3.63) is 41.5 Å². The second-order valence-electron chi connectivity index (χ2n) is 7.10. The summed E-state index contributed by atoms with van der Waals surface area (Å²) in [5, 5.41) is 3.37. The van der Waals surface area contributed by atoms with Crippen molar-refractivity contribution in [3.63, 3.8) is 0 Å². The summed E-state index contributed by atoms with van der Waals surface area (Å²) in [5.41, 5.74) is 3.22. The van der Waals surface area contributed by atoms with Gasteiger partial charge >= 0.3 is 12.0 Å². The minimum Gasteiger partial charge on any atom is -0.452 e. The summed E-state index contributed by atoms with van der Waals surface area (Å²) in [6.45, 7) is 1.36. The van der Waals surface area contributed by atoms with Crippen molar-refractivity contribution in [2.24, 2.45) is 0 Å². The fourth-order valence-electron chi connectivity index (χ4n) is 3.40. The van der Waals surface area contributed by atoms with Gasteiger partial charge in [-0.3, -0.25) is 15.0 Å². The Morgan fingerprint density at radius 3 is 2.54 bits per heavy atom. The van der Waals surface area contributed by atoms with Crippen LogP contribution in [0.1, 0.15) is 43.2 Å². The van der Waals surface area contributed by atoms with Gasteiger partial charge in [-0.05, 0) is 31.4 Å². The number of amides is 4. The zero-order chi connectivity index (χ0) is 20.1. The molecule has 1 spiro atoms. The van der Waals surface area contributed by atoms with Crippen LogP contribution in [0.5, 0.6) is 0 Å². The van der Waals surface area contributed by atoms with E-state index in [1.807, 2.05) is 31.2 Å². The highest BCUT2D eigenvalue weighted by Crippen LogP contribution is 2.32. The summed E-state index contributed by atoms with van der Waals surface area (Å²) in [5.74, 6) is -1.92. The number of nitrogens with zero attached hydrogens (tertiary/aromatic N) is 1. The van der Waals surface area contributed by atoms with Gasteiger partial charge in [-0.25, -0.2) is 9.59 Å². The molecule has 1 aromatic carbocycles. The fraction of sp³-hybridized carbons (Fsp3) is 0.400. The van der Waals surface area contributed by atoms with Gasteiger partial charge in [0.05, 0.1) is 0 Å². The predicted octanol–water partition coefficient (Wildman–Crippen LogP) is 1.84. The van der Waals surface area contributed by atoms with E-state index in [-0.39, 0.29) is 0 Å². The first kappa shape index (κ1) is 19.6. The SMILES string of the molecule is Cc1ccc(/C=C/C(=O)OCC(=O)NN2C(=O)NC3(CCCCC3)C2=O)cc1. The molecule has 4 amide bonds. The van der Waals surface area contributed by atoms with Gasteiger partial charge in [0.2, 0.25) is 0 Å². The Kier molecular flexibility index (Phi) is 5.77. The molecule has 3 rings (SSSR count). The maximum atomic E-state index is 12.6. The first-order valence-electron chi connectivity index (χ1n) is 9.27. The van der Waals surface area contributed by atoms with Crippen LogP contribution in [0, 0.1) is 6.92 Å². The van der Waals surface area contributed by atoms with Gasteiger partial charge in [0, 0.05) is 6.08 Å². The molecule has 0 unspecified atom stereocenters. The Morgan fingerprint density at radius 1 is 1.18 bits per heavy atom. The molecule has 0 atom stereocenters. The topological polar surface area (TPSA) is 105 Å². The fourth-order valence-corrected chi connectivity index (χ4v) is 3.40. The van der Waals surface area contributed by atoms with Crippen molar-refractivity contribution in [2.75, 3.05) is 6.61 Å². The molecule has 1 aromatic rings. The number of benzene rings is 1. The standard InChI is InChI=1S/C20H23N3O5/c1-14-5-7-15(8-6-14)9-10-17(25)28-13-16(24)22-23-18(26)20(21-19(23)27)11-3-2-4-12-20/h5-10H,2-4,11-13H2,1H3,(H,21,27)(H,22,24)/b10-9+. The van der Waals surface area contributed by atoms with E-state index >= 15 is 0 Å². The summed E-state index contributed by atoms with van der Waals surface area (Å²) in [6, 6.07) is 6.87. The minimum absolute atomic E-state index is 0.462. The molecule has 0 aromatic heterocycles. The Balaban J connectivity index is 1.48. The van der Waals surface area contributed by atoms with E-state index in [9.17, 15) is 19.2 Å². The third kappa shape index (κ3) is 4.39. The van der Waals surface area contributed by atoms with E-state index in [1.165, 1.54) is 6.08 Å². The molecule has 1 saturated heterocycles. The van der Waals surface area contributed by atoms with E-state index in [4.69, 9.17) is 4.74 Å². The number of ether oxygens (including phenoxy) is 1. The molecule has 1 aliphatic heterocycles. The normalized spacial score (nSPS) is 18.4. The zero-order valence-electron chi connectivity index (χ0n) is 15.7. The van der Waals surface area contributed by atoms with Crippen LogP contribution < -0.4 is 10.7 Å². The smallest absolute Gasteiger partial charge is 0.344 e. The van der Waals surface area contributed by atoms with E-state index < -0.39 is 36.0 Å². The number of imide groups is 1. The molecule has 2 N–H and O–H groups in total. The summed E-state index contributed by atoms with van der Waals surface area (Å²) < 4.78 is 4.86. The molecule has 28 heavy (non-hydrogen) atoms. The van der Waals surface area contributed by atoms with E-state index in [1.54, 1.807) is 6.08 Å². The maximum Gasteiger partial charge on any atom is 0.344 e. The van der Waals surface area contributed by atoms with Crippen LogP contribution in [0.25, 0.3) is 6.08 Å². The third-order valence-electron chi connectivity index (χ3n) is 4.94. The number of carbonyl (C=O) groups is 4. The molecule has 1 saturated carbocycles. The number of hydrazine groups is 1. The largest absolute Gasteiger partial charge is 0.452 e. The first-order valence-corrected chi connectivity index (χ1v) is 9.27. The summed E-state index contributed by atoms with van der Waals surface area (Å²) in [7, 11) is 0. The highest BCUT2D eigenvalue weighted by atomic mass is 16.5. The van der Waals surface area contributed by atoms with Gasteiger partial charge in [-0.2, -0.15) is 5.01 Å². The molecule has 0 radical (unpaired) electrons. The summed E-state index contributed by atoms with van der Waals surface area (Å²) in [4.78, 5) is 48.4. The van der Waals surface area contributed by atoms with Crippen molar-refractivity contribution in [1.29, 1.82) is 0 Å². The summed E-state index contributed by atoms with van der Waals surface area (Å²) >= 11 is 0. The number of urea groups is 1. The first-order chi connectivity index (χ1) is 13.4. The minimum atomic E-state index is -0.921. The van der Waals surface area contributed by atoms with E-state index in [2.05, 4.69) is 10.7 Å². The molecular weight excluding hydrogens is 362 g/mol. The molecule has 8 heteroatoms. The molecule has 8 nitrogen and oxygen atoms in total. The Morgan fingerprint density at radius 2 is 1.86 bits per heavy atom. The molecule has 2 aliphatic rings. The number of aryl methyl sites for hydroxylation is 1. The van der Waals surface area contributed by atoms with Crippen LogP contribution in [0.4, 0.5) is 4.79 Å². The average molecular weight is 385 g/mol. The van der Waals surface area contributed by atoms with E-state index in [0.717, 1.165) is 30.4 Å². The average Bonchev–Trinajstić information content (AvgIpc) is 2.90. The number of hydrogen-bond donors (Lipinski definition) is 2. The van der Waals surface area contributed by atoms with Crippen LogP contribution >= 0.6 is 0 Å². The van der Waals surface area contributed by atoms with Crippen LogP contribution in [0.2, 0.25) is 0 Å². The number of rotatable bonds is 5. The Bertz CT molecular complexity index is 810. The van der Waals surface area contributed by atoms with Crippen molar-refractivity contribution in [2.45, 2.75) is 44.6 Å². The predicted molar refractivity (Wildman–Crippen MR) is 101 cm³/mol. The molecule has 2 fully saturated rings. The third-order valence-corrected chi connectivity index (χ3v) is 4.94. The van der Waals surface area contributed by atoms with E-state index in [0.29, 0.717) is 17.9 Å². The van der Waals surface area contributed by atoms with Gasteiger partial charge in [0.1, 0.15) is 5.54 Å². The highest BCUT2D eigenvalue weighted by molar-refractivity contribution is 6.08. The van der Waals surface area contributed by atoms with Gasteiger partial charge in [-0.1, -0.05) is 49.1 Å². The van der Waals surface area contributed by atoms with Gasteiger partial charge in [-0.15, -0.1) is 0 Å². The quantitative estimate of drug-likeness (QED) is 0.457. The lowest BCUT2D eigenvalue weighted by atomic mass is 9.82. The summed E-state index contributed by atoms with van der Waals surface area (Å²) in [6.07, 6.45) is 6.61. The number of hydrogen-bond acceptors (Lipinski definition) is 5. The van der Waals surface area contributed by atoms with Gasteiger partial charge in [0.15, 0.2) is 6.61 Å². The Hall–Kier alpha value is -3.16. The van der Waals surface area contributed by atoms with Crippen molar-refractivity contribution in [3.8, 4) is 0 Å². The lowest BCUT2D eigenvalue weighted by Gasteiger charge is -2.30. The highest BCUT2D eigenvalue weighted by Gasteiger charge is 2.52. The number of esters is 1. The van der Waals surface area contributed by atoms with Crippen molar-refractivity contribution >= 4 is 29.9 Å². The molecule has 1 heterocycles. The van der Waals surface area contributed by atoms with Crippen LogP contribution in [0.15, 0.2) is 30.3 Å². The monoisotopic (exact) mass is 385 g/mol. The van der Waals surface area contributed by atoms with Crippen molar-refractivity contribution in [1.82, 2.24) is 15.8 Å². The van der Waals surface area contributed by atoms with Crippen molar-refractivity contribution < 1.29 is 23.9 Å². The molecule has 0 bridgehead atoms. The van der Waals surface area contributed by atoms with Crippen LogP contribution in [0.3, 0.4) is 0 Å². The lowest BCUT2D eigenvalue weighted by molar-refractivity contribution is -0.147. The second kappa shape index (κ2) is 8.24. The van der Waals surface area contributed by atoms with Crippen LogP contribution in [-0.2, 0) is 19.1 Å². The van der Waals surface area contributed by atoms with Crippen LogP contribution in [-0.4, -0.2) is 41.0 Å². The second-order valence-corrected chi connectivity index (χ2v) is 7.10. The molecular formula is C20H23N3O5. The Labute approximate surface area is 162 Å². The van der Waals surface area contributed by atoms with Gasteiger partial charge in [0.25, 0.3) is 11.8 Å². The van der Waals surface area contributed by atoms with Gasteiger partial charge < -0.3 is 10.1 Å². The molecule has 1 aliphatic carbocycles. The maximum absolute atomic E-state index is 12.6. The number of nitrogens with one attached hydrogen (secondary N) is 2.